The molecule has 0 unspecified atom stereocenters. The van der Waals surface area contributed by atoms with Crippen LogP contribution in [0.25, 0.3) is 16.9 Å². The Bertz CT molecular complexity index is 1520. The summed E-state index contributed by atoms with van der Waals surface area (Å²) < 4.78 is 15.7. The molecule has 37 heavy (non-hydrogen) atoms. The highest BCUT2D eigenvalue weighted by atomic mass is 19.1. The van der Waals surface area contributed by atoms with Gasteiger partial charge in [-0.05, 0) is 44.2 Å². The summed E-state index contributed by atoms with van der Waals surface area (Å²) in [6.45, 7) is 2.22. The van der Waals surface area contributed by atoms with Crippen molar-refractivity contribution in [3.05, 3.63) is 71.8 Å². The number of nitrogens with two attached hydrogens (primary N) is 1. The lowest BCUT2D eigenvalue weighted by Crippen LogP contribution is -2.42. The lowest BCUT2D eigenvalue weighted by molar-refractivity contribution is -0.00177. The van der Waals surface area contributed by atoms with E-state index in [2.05, 4.69) is 25.7 Å². The Hall–Kier alpha value is -4.89. The van der Waals surface area contributed by atoms with Gasteiger partial charge >= 0.3 is 0 Å². The van der Waals surface area contributed by atoms with E-state index < -0.39 is 30.1 Å². The molecule has 0 aliphatic heterocycles. The number of hydrogen-bond acceptors (Lipinski definition) is 8. The zero-order chi connectivity index (χ0) is 26.7. The van der Waals surface area contributed by atoms with Crippen LogP contribution in [0.2, 0.25) is 0 Å². The van der Waals surface area contributed by atoms with Crippen molar-refractivity contribution >= 4 is 28.8 Å². The van der Waals surface area contributed by atoms with Gasteiger partial charge in [0, 0.05) is 23.6 Å². The van der Waals surface area contributed by atoms with E-state index >= 15 is 0 Å². The summed E-state index contributed by atoms with van der Waals surface area (Å²) in [5.74, 6) is -1.19. The van der Waals surface area contributed by atoms with Crippen molar-refractivity contribution in [2.24, 2.45) is 5.73 Å². The van der Waals surface area contributed by atoms with Crippen LogP contribution in [-0.4, -0.2) is 54.8 Å². The van der Waals surface area contributed by atoms with Gasteiger partial charge in [0.25, 0.3) is 5.91 Å². The van der Waals surface area contributed by atoms with Crippen LogP contribution < -0.4 is 16.4 Å². The summed E-state index contributed by atoms with van der Waals surface area (Å²) in [4.78, 5) is 33.0. The van der Waals surface area contributed by atoms with Gasteiger partial charge in [-0.15, -0.1) is 0 Å². The predicted octanol–water partition coefficient (Wildman–Crippen LogP) is 2.34. The number of alkyl halides is 1. The maximum absolute atomic E-state index is 14.2. The van der Waals surface area contributed by atoms with E-state index in [-0.39, 0.29) is 5.56 Å². The number of hydrogen-bond donors (Lipinski definition) is 4. The van der Waals surface area contributed by atoms with Crippen molar-refractivity contribution in [2.45, 2.75) is 25.6 Å². The fourth-order valence-corrected chi connectivity index (χ4v) is 3.40. The second kappa shape index (κ2) is 10.00. The molecule has 0 aliphatic rings. The van der Waals surface area contributed by atoms with Gasteiger partial charge < -0.3 is 21.5 Å². The van der Waals surface area contributed by atoms with Crippen LogP contribution in [0.4, 0.5) is 15.8 Å². The summed E-state index contributed by atoms with van der Waals surface area (Å²) in [5, 5.41) is 28.7. The van der Waals surface area contributed by atoms with Crippen LogP contribution in [0.1, 0.15) is 40.1 Å². The van der Waals surface area contributed by atoms with Gasteiger partial charge in [0.15, 0.2) is 5.65 Å². The highest BCUT2D eigenvalue weighted by Crippen LogP contribution is 2.28. The van der Waals surface area contributed by atoms with E-state index in [1.807, 2.05) is 6.07 Å². The molecule has 4 rings (SSSR count). The standard InChI is InChI=1S/C25H23FN8O3/c1-25(2,37)21(26)12-31-24(36)18-10-29-19(17-11-32-34-13-14(8-27)9-30-23(17)34)7-20(18)33-16-5-3-15(4-6-16)22(28)35/h3-7,9-11,13,21,37H,12H2,1-2H3,(H2,28,35)(H,29,33)(H,31,36)/t21-/m1/s1. The van der Waals surface area contributed by atoms with Crippen LogP contribution in [0.15, 0.2) is 55.1 Å². The number of primary amides is 1. The number of halogens is 1. The number of rotatable bonds is 8. The number of carbonyl (C=O) groups is 2. The minimum atomic E-state index is -1.69. The third kappa shape index (κ3) is 5.52. The molecular weight excluding hydrogens is 479 g/mol. The SMILES string of the molecule is CC(C)(O)[C@H](F)CNC(=O)c1cnc(-c2cnn3cc(C#N)cnc23)cc1Nc1ccc(C(N)=O)cc1. The fourth-order valence-electron chi connectivity index (χ4n) is 3.40. The van der Waals surface area contributed by atoms with Gasteiger partial charge in [-0.2, -0.15) is 10.4 Å². The first kappa shape index (κ1) is 25.2. The largest absolute Gasteiger partial charge is 0.387 e. The van der Waals surface area contributed by atoms with E-state index in [9.17, 15) is 19.1 Å². The fraction of sp³-hybridized carbons (Fsp3) is 0.200. The van der Waals surface area contributed by atoms with Crippen molar-refractivity contribution in [3.8, 4) is 17.3 Å². The minimum Gasteiger partial charge on any atom is -0.387 e. The van der Waals surface area contributed by atoms with Gasteiger partial charge in [0.05, 0.1) is 52.6 Å². The first-order valence-corrected chi connectivity index (χ1v) is 11.1. The number of nitrogens with zero attached hydrogens (tertiary/aromatic N) is 5. The van der Waals surface area contributed by atoms with Crippen LogP contribution in [0, 0.1) is 11.3 Å². The highest BCUT2D eigenvalue weighted by molar-refractivity contribution is 6.01. The van der Waals surface area contributed by atoms with E-state index in [0.717, 1.165) is 0 Å². The zero-order valence-electron chi connectivity index (χ0n) is 19.9. The van der Waals surface area contributed by atoms with Gasteiger partial charge in [-0.3, -0.25) is 14.6 Å². The monoisotopic (exact) mass is 502 g/mol. The molecule has 0 saturated carbocycles. The number of pyridine rings is 1. The molecule has 1 atom stereocenters. The van der Waals surface area contributed by atoms with Crippen molar-refractivity contribution in [1.82, 2.24) is 24.9 Å². The molecular formula is C25H23FN8O3. The van der Waals surface area contributed by atoms with Gasteiger partial charge in [0.2, 0.25) is 5.91 Å². The Kier molecular flexibility index (Phi) is 6.81. The molecule has 3 heterocycles. The molecule has 0 bridgehead atoms. The van der Waals surface area contributed by atoms with Crippen LogP contribution in [0.3, 0.4) is 0 Å². The molecule has 0 saturated heterocycles. The number of aliphatic hydroxyl groups is 1. The molecule has 5 N–H and O–H groups in total. The maximum Gasteiger partial charge on any atom is 0.255 e. The molecule has 11 nitrogen and oxygen atoms in total. The molecule has 0 aliphatic carbocycles. The summed E-state index contributed by atoms with van der Waals surface area (Å²) in [5.41, 5.74) is 6.76. The highest BCUT2D eigenvalue weighted by Gasteiger charge is 2.27. The summed E-state index contributed by atoms with van der Waals surface area (Å²) >= 11 is 0. The number of amides is 2. The third-order valence-electron chi connectivity index (χ3n) is 5.57. The Labute approximate surface area is 210 Å². The number of nitrogens with one attached hydrogen (secondary N) is 2. The molecule has 2 amide bonds. The maximum atomic E-state index is 14.2. The van der Waals surface area contributed by atoms with E-state index in [0.29, 0.717) is 39.4 Å². The molecule has 0 fully saturated rings. The second-order valence-corrected chi connectivity index (χ2v) is 8.79. The average Bonchev–Trinajstić information content (AvgIpc) is 3.30. The number of nitriles is 1. The second-order valence-electron chi connectivity index (χ2n) is 8.79. The van der Waals surface area contributed by atoms with Crippen LogP contribution >= 0.6 is 0 Å². The summed E-state index contributed by atoms with van der Waals surface area (Å²) in [7, 11) is 0. The van der Waals surface area contributed by atoms with Gasteiger partial charge in [0.1, 0.15) is 12.2 Å². The molecule has 4 aromatic rings. The van der Waals surface area contributed by atoms with Crippen LogP contribution in [0.5, 0.6) is 0 Å². The normalized spacial score (nSPS) is 12.1. The molecule has 3 aromatic heterocycles. The van der Waals surface area contributed by atoms with Gasteiger partial charge in [-0.1, -0.05) is 0 Å². The third-order valence-corrected chi connectivity index (χ3v) is 5.57. The number of carbonyl (C=O) groups excluding carboxylic acids is 2. The number of aromatic nitrogens is 4. The number of anilines is 2. The number of fused-ring (bicyclic) bond motifs is 1. The minimum absolute atomic E-state index is 0.113. The van der Waals surface area contributed by atoms with Crippen molar-refractivity contribution in [3.63, 3.8) is 0 Å². The Balaban J connectivity index is 1.71. The molecule has 12 heteroatoms. The molecule has 0 spiro atoms. The Morgan fingerprint density at radius 1 is 1.22 bits per heavy atom. The first-order chi connectivity index (χ1) is 17.6. The number of benzene rings is 1. The van der Waals surface area contributed by atoms with Gasteiger partial charge in [-0.25, -0.2) is 13.9 Å². The zero-order valence-corrected chi connectivity index (χ0v) is 19.9. The van der Waals surface area contributed by atoms with E-state index in [1.165, 1.54) is 55.3 Å². The summed E-state index contributed by atoms with van der Waals surface area (Å²) in [6, 6.07) is 9.91. The lowest BCUT2D eigenvalue weighted by atomic mass is 10.0. The Morgan fingerprint density at radius 2 is 1.95 bits per heavy atom. The van der Waals surface area contributed by atoms with Crippen LogP contribution in [-0.2, 0) is 0 Å². The Morgan fingerprint density at radius 3 is 2.59 bits per heavy atom. The van der Waals surface area contributed by atoms with Crippen molar-refractivity contribution < 1.29 is 19.1 Å². The smallest absolute Gasteiger partial charge is 0.255 e. The van der Waals surface area contributed by atoms with E-state index in [1.54, 1.807) is 18.2 Å². The quantitative estimate of drug-likeness (QED) is 0.284. The van der Waals surface area contributed by atoms with E-state index in [4.69, 9.17) is 11.0 Å². The van der Waals surface area contributed by atoms with Crippen molar-refractivity contribution in [2.75, 3.05) is 11.9 Å². The summed E-state index contributed by atoms with van der Waals surface area (Å²) in [6.07, 6.45) is 4.12. The first-order valence-electron chi connectivity index (χ1n) is 11.1. The lowest BCUT2D eigenvalue weighted by Gasteiger charge is -2.22. The predicted molar refractivity (Wildman–Crippen MR) is 133 cm³/mol. The topological polar surface area (TPSA) is 171 Å². The average molecular weight is 503 g/mol. The molecule has 188 valence electrons. The molecule has 1 aromatic carbocycles. The molecule has 0 radical (unpaired) electrons. The van der Waals surface area contributed by atoms with Crippen molar-refractivity contribution in [1.29, 1.82) is 5.26 Å².